The molecule has 1 aliphatic heterocycles. The first-order chi connectivity index (χ1) is 12.7. The van der Waals surface area contributed by atoms with Gasteiger partial charge in [0.15, 0.2) is 0 Å². The van der Waals surface area contributed by atoms with E-state index >= 15 is 0 Å². The number of carbonyl (C=O) groups is 1. The van der Waals surface area contributed by atoms with Gasteiger partial charge in [-0.25, -0.2) is 0 Å². The molecule has 0 radical (unpaired) electrons. The Kier molecular flexibility index (Phi) is 5.84. The first-order valence-corrected chi connectivity index (χ1v) is 8.90. The molecule has 132 valence electrons. The van der Waals surface area contributed by atoms with Crippen LogP contribution in [0.25, 0.3) is 0 Å². The SMILES string of the molecule is C=CCC1C(CCC(=O)Cc2ccc(C)cc2)=NN=C1c1cccnc1. The first kappa shape index (κ1) is 17.9. The van der Waals surface area contributed by atoms with Crippen LogP contribution in [-0.2, 0) is 11.2 Å². The zero-order valence-electron chi connectivity index (χ0n) is 15.1. The normalized spacial score (nSPS) is 16.1. The van der Waals surface area contributed by atoms with Crippen molar-refractivity contribution < 1.29 is 4.79 Å². The summed E-state index contributed by atoms with van der Waals surface area (Å²) in [5.74, 6) is 0.313. The van der Waals surface area contributed by atoms with E-state index in [1.54, 1.807) is 12.4 Å². The van der Waals surface area contributed by atoms with E-state index in [0.717, 1.165) is 29.0 Å². The number of rotatable bonds is 8. The third-order valence-corrected chi connectivity index (χ3v) is 4.56. The molecule has 0 saturated heterocycles. The molecule has 4 nitrogen and oxygen atoms in total. The summed E-state index contributed by atoms with van der Waals surface area (Å²) < 4.78 is 0. The van der Waals surface area contributed by atoms with Gasteiger partial charge in [-0.2, -0.15) is 10.2 Å². The van der Waals surface area contributed by atoms with Crippen molar-refractivity contribution in [3.05, 3.63) is 78.1 Å². The van der Waals surface area contributed by atoms with Gasteiger partial charge in [-0.05, 0) is 37.5 Å². The Hall–Kier alpha value is -2.88. The molecule has 0 saturated carbocycles. The summed E-state index contributed by atoms with van der Waals surface area (Å²) in [5, 5.41) is 8.73. The highest BCUT2D eigenvalue weighted by Gasteiger charge is 2.27. The summed E-state index contributed by atoms with van der Waals surface area (Å²) >= 11 is 0. The summed E-state index contributed by atoms with van der Waals surface area (Å²) in [7, 11) is 0. The van der Waals surface area contributed by atoms with Crippen molar-refractivity contribution >= 4 is 17.2 Å². The smallest absolute Gasteiger partial charge is 0.137 e. The van der Waals surface area contributed by atoms with Crippen LogP contribution < -0.4 is 0 Å². The maximum absolute atomic E-state index is 12.3. The molecule has 1 aromatic heterocycles. The third-order valence-electron chi connectivity index (χ3n) is 4.56. The molecule has 1 aromatic carbocycles. The number of benzene rings is 1. The second-order valence-electron chi connectivity index (χ2n) is 6.60. The van der Waals surface area contributed by atoms with Gasteiger partial charge < -0.3 is 0 Å². The van der Waals surface area contributed by atoms with Gasteiger partial charge in [-0.3, -0.25) is 9.78 Å². The molecule has 2 aromatic rings. The maximum Gasteiger partial charge on any atom is 0.137 e. The second-order valence-corrected chi connectivity index (χ2v) is 6.60. The maximum atomic E-state index is 12.3. The fourth-order valence-electron chi connectivity index (χ4n) is 3.12. The Morgan fingerprint density at radius 2 is 2.00 bits per heavy atom. The minimum Gasteiger partial charge on any atom is -0.299 e. The van der Waals surface area contributed by atoms with E-state index in [4.69, 9.17) is 0 Å². The molecule has 0 bridgehead atoms. The van der Waals surface area contributed by atoms with Crippen LogP contribution in [0.1, 0.15) is 36.0 Å². The molecule has 0 spiro atoms. The van der Waals surface area contributed by atoms with Gasteiger partial charge in [0.05, 0.1) is 11.4 Å². The first-order valence-electron chi connectivity index (χ1n) is 8.90. The number of hydrogen-bond acceptors (Lipinski definition) is 4. The van der Waals surface area contributed by atoms with Crippen LogP contribution in [0, 0.1) is 12.8 Å². The van der Waals surface area contributed by atoms with Gasteiger partial charge >= 0.3 is 0 Å². The van der Waals surface area contributed by atoms with Crippen LogP contribution >= 0.6 is 0 Å². The average molecular weight is 345 g/mol. The van der Waals surface area contributed by atoms with Crippen molar-refractivity contribution in [2.45, 2.75) is 32.6 Å². The Morgan fingerprint density at radius 3 is 2.69 bits per heavy atom. The Morgan fingerprint density at radius 1 is 1.19 bits per heavy atom. The highest BCUT2D eigenvalue weighted by Crippen LogP contribution is 2.24. The fraction of sp³-hybridized carbons (Fsp3) is 0.273. The molecule has 3 rings (SSSR count). The lowest BCUT2D eigenvalue weighted by molar-refractivity contribution is -0.118. The van der Waals surface area contributed by atoms with Gasteiger partial charge in [0, 0.05) is 36.7 Å². The lowest BCUT2D eigenvalue weighted by Crippen LogP contribution is -2.21. The van der Waals surface area contributed by atoms with Gasteiger partial charge in [0.1, 0.15) is 5.78 Å². The predicted molar refractivity (Wildman–Crippen MR) is 106 cm³/mol. The Balaban J connectivity index is 1.60. The topological polar surface area (TPSA) is 54.7 Å². The van der Waals surface area contributed by atoms with Crippen molar-refractivity contribution in [1.82, 2.24) is 4.98 Å². The Bertz CT molecular complexity index is 835. The number of hydrogen-bond donors (Lipinski definition) is 0. The molecule has 1 atom stereocenters. The van der Waals surface area contributed by atoms with Crippen molar-refractivity contribution in [1.29, 1.82) is 0 Å². The second kappa shape index (κ2) is 8.48. The largest absolute Gasteiger partial charge is 0.299 e. The number of Topliss-reactive ketones (excluding diaryl/α,β-unsaturated/α-hetero) is 1. The highest BCUT2D eigenvalue weighted by atomic mass is 16.1. The van der Waals surface area contributed by atoms with Crippen LogP contribution in [0.2, 0.25) is 0 Å². The number of nitrogens with zero attached hydrogens (tertiary/aromatic N) is 3. The number of allylic oxidation sites excluding steroid dienone is 1. The number of aromatic nitrogens is 1. The van der Waals surface area contributed by atoms with Crippen LogP contribution in [0.5, 0.6) is 0 Å². The van der Waals surface area contributed by atoms with E-state index in [1.165, 1.54) is 5.56 Å². The molecular formula is C22H23N3O. The average Bonchev–Trinajstić information content (AvgIpc) is 3.06. The Labute approximate surface area is 154 Å². The van der Waals surface area contributed by atoms with E-state index in [2.05, 4.69) is 21.8 Å². The van der Waals surface area contributed by atoms with Gasteiger partial charge in [0.25, 0.3) is 0 Å². The highest BCUT2D eigenvalue weighted by molar-refractivity contribution is 6.17. The summed E-state index contributed by atoms with van der Waals surface area (Å²) in [5.41, 5.74) is 5.11. The van der Waals surface area contributed by atoms with Gasteiger partial charge in [-0.1, -0.05) is 35.9 Å². The summed E-state index contributed by atoms with van der Waals surface area (Å²) in [6.07, 6.45) is 7.77. The van der Waals surface area contributed by atoms with Crippen LogP contribution in [0.3, 0.4) is 0 Å². The molecule has 0 fully saturated rings. The molecule has 0 amide bonds. The number of carbonyl (C=O) groups excluding carboxylic acids is 1. The monoisotopic (exact) mass is 345 g/mol. The van der Waals surface area contributed by atoms with Crippen molar-refractivity contribution in [2.75, 3.05) is 0 Å². The quantitative estimate of drug-likeness (QED) is 0.669. The summed E-state index contributed by atoms with van der Waals surface area (Å²) in [4.78, 5) is 16.5. The van der Waals surface area contributed by atoms with Crippen molar-refractivity contribution in [3.63, 3.8) is 0 Å². The van der Waals surface area contributed by atoms with E-state index in [9.17, 15) is 4.79 Å². The summed E-state index contributed by atoms with van der Waals surface area (Å²) in [6, 6.07) is 12.0. The number of pyridine rings is 1. The predicted octanol–water partition coefficient (Wildman–Crippen LogP) is 4.33. The van der Waals surface area contributed by atoms with Crippen LogP contribution in [0.4, 0.5) is 0 Å². The molecule has 1 unspecified atom stereocenters. The van der Waals surface area contributed by atoms with Crippen LogP contribution in [-0.4, -0.2) is 22.2 Å². The third kappa shape index (κ3) is 4.39. The zero-order chi connectivity index (χ0) is 18.4. The number of ketones is 1. The standard InChI is InChI=1S/C22H23N3O/c1-3-5-20-21(24-25-22(20)18-6-4-13-23-15-18)12-11-19(26)14-17-9-7-16(2)8-10-17/h3-4,6-10,13,15,20H,1,5,11-12,14H2,2H3. The van der Waals surface area contributed by atoms with Gasteiger partial charge in [-0.15, -0.1) is 6.58 Å². The van der Waals surface area contributed by atoms with Crippen molar-refractivity contribution in [3.8, 4) is 0 Å². The van der Waals surface area contributed by atoms with Crippen LogP contribution in [0.15, 0.2) is 71.6 Å². The molecule has 2 heterocycles. The molecule has 1 aliphatic rings. The lowest BCUT2D eigenvalue weighted by Gasteiger charge is -2.13. The van der Waals surface area contributed by atoms with E-state index in [1.807, 2.05) is 49.4 Å². The zero-order valence-corrected chi connectivity index (χ0v) is 15.1. The molecule has 4 heteroatoms. The van der Waals surface area contributed by atoms with E-state index < -0.39 is 0 Å². The molecular weight excluding hydrogens is 322 g/mol. The van der Waals surface area contributed by atoms with E-state index in [0.29, 0.717) is 19.3 Å². The summed E-state index contributed by atoms with van der Waals surface area (Å²) in [6.45, 7) is 5.90. The minimum absolute atomic E-state index is 0.0869. The van der Waals surface area contributed by atoms with Gasteiger partial charge in [0.2, 0.25) is 0 Å². The minimum atomic E-state index is 0.0869. The molecule has 0 N–H and O–H groups in total. The fourth-order valence-corrected chi connectivity index (χ4v) is 3.12. The lowest BCUT2D eigenvalue weighted by atomic mass is 9.88. The van der Waals surface area contributed by atoms with Crippen molar-refractivity contribution in [2.24, 2.45) is 16.1 Å². The van der Waals surface area contributed by atoms with E-state index in [-0.39, 0.29) is 11.7 Å². The molecule has 0 aliphatic carbocycles. The molecule has 26 heavy (non-hydrogen) atoms. The number of aryl methyl sites for hydroxylation is 1.